The summed E-state index contributed by atoms with van der Waals surface area (Å²) < 4.78 is 5.34. The second-order valence-electron chi connectivity index (χ2n) is 4.10. The van der Waals surface area contributed by atoms with E-state index in [4.69, 9.17) is 15.6 Å². The average Bonchev–Trinajstić information content (AvgIpc) is 2.57. The fraction of sp³-hybridized carbons (Fsp3) is 0.900. The number of hydrogen-bond acceptors (Lipinski definition) is 4. The zero-order valence-electron chi connectivity index (χ0n) is 9.24. The number of hydrogen-bond donors (Lipinski definition) is 2. The number of carboxylic acids is 1. The molecule has 3 N–H and O–H groups in total. The van der Waals surface area contributed by atoms with Crippen LogP contribution in [0.3, 0.4) is 0 Å². The molecule has 0 aromatic carbocycles. The fourth-order valence-corrected chi connectivity index (χ4v) is 1.72. The van der Waals surface area contributed by atoms with Crippen LogP contribution in [-0.4, -0.2) is 54.4 Å². The quantitative estimate of drug-likeness (QED) is 0.606. The Morgan fingerprint density at radius 2 is 2.33 bits per heavy atom. The van der Waals surface area contributed by atoms with Crippen LogP contribution in [-0.2, 0) is 9.53 Å². The highest BCUT2D eigenvalue weighted by molar-refractivity contribution is 5.79. The number of nitrogens with two attached hydrogens (primary N) is 1. The van der Waals surface area contributed by atoms with E-state index in [9.17, 15) is 4.79 Å². The molecule has 5 heteroatoms. The number of ether oxygens (including phenoxy) is 1. The monoisotopic (exact) mass is 216 g/mol. The second-order valence-corrected chi connectivity index (χ2v) is 4.10. The molecule has 1 fully saturated rings. The molecule has 15 heavy (non-hydrogen) atoms. The first kappa shape index (κ1) is 12.4. The molecule has 0 saturated carbocycles. The van der Waals surface area contributed by atoms with E-state index < -0.39 is 11.5 Å². The van der Waals surface area contributed by atoms with Crippen molar-refractivity contribution < 1.29 is 14.6 Å². The maximum atomic E-state index is 10.9. The highest BCUT2D eigenvalue weighted by atomic mass is 16.5. The van der Waals surface area contributed by atoms with E-state index in [1.807, 2.05) is 4.90 Å². The van der Waals surface area contributed by atoms with Gasteiger partial charge in [0.05, 0.1) is 6.61 Å². The zero-order valence-corrected chi connectivity index (χ0v) is 9.24. The van der Waals surface area contributed by atoms with Crippen LogP contribution < -0.4 is 5.73 Å². The first-order valence-electron chi connectivity index (χ1n) is 5.41. The maximum absolute atomic E-state index is 10.9. The summed E-state index contributed by atoms with van der Waals surface area (Å²) in [7, 11) is 0. The van der Waals surface area contributed by atoms with Crippen molar-refractivity contribution in [3.8, 4) is 0 Å². The van der Waals surface area contributed by atoms with Gasteiger partial charge in [0, 0.05) is 26.2 Å². The summed E-state index contributed by atoms with van der Waals surface area (Å²) in [6.07, 6.45) is 1.53. The minimum atomic E-state index is -1.05. The standard InChI is InChI=1S/C10H20N2O3/c1-2-6-15-7-5-12-4-3-10(11,8-12)9(13)14/h2-8,11H2,1H3,(H,13,14). The molecule has 0 aliphatic carbocycles. The number of nitrogens with zero attached hydrogens (tertiary/aromatic N) is 1. The summed E-state index contributed by atoms with van der Waals surface area (Å²) in [6, 6.07) is 0. The fourth-order valence-electron chi connectivity index (χ4n) is 1.72. The lowest BCUT2D eigenvalue weighted by atomic mass is 10.0. The Kier molecular flexibility index (Phi) is 4.50. The van der Waals surface area contributed by atoms with Crippen LogP contribution in [0.2, 0.25) is 0 Å². The summed E-state index contributed by atoms with van der Waals surface area (Å²) in [4.78, 5) is 12.9. The Morgan fingerprint density at radius 3 is 2.87 bits per heavy atom. The van der Waals surface area contributed by atoms with Crippen LogP contribution in [0, 0.1) is 0 Å². The van der Waals surface area contributed by atoms with Crippen molar-refractivity contribution in [2.24, 2.45) is 5.73 Å². The number of aliphatic carboxylic acids is 1. The Balaban J connectivity index is 2.22. The number of carbonyl (C=O) groups is 1. The van der Waals surface area contributed by atoms with Crippen molar-refractivity contribution >= 4 is 5.97 Å². The van der Waals surface area contributed by atoms with Crippen molar-refractivity contribution in [3.05, 3.63) is 0 Å². The summed E-state index contributed by atoms with van der Waals surface area (Å²) in [5.41, 5.74) is 4.69. The molecule has 1 saturated heterocycles. The van der Waals surface area contributed by atoms with Crippen LogP contribution in [0.4, 0.5) is 0 Å². The van der Waals surface area contributed by atoms with Gasteiger partial charge < -0.3 is 15.6 Å². The lowest BCUT2D eigenvalue weighted by Crippen LogP contribution is -2.50. The molecule has 0 radical (unpaired) electrons. The highest BCUT2D eigenvalue weighted by Crippen LogP contribution is 2.18. The molecule has 1 aliphatic rings. The molecule has 5 nitrogen and oxygen atoms in total. The van der Waals surface area contributed by atoms with E-state index in [1.165, 1.54) is 0 Å². The Hall–Kier alpha value is -0.650. The van der Waals surface area contributed by atoms with Gasteiger partial charge in [0.15, 0.2) is 0 Å². The van der Waals surface area contributed by atoms with Crippen LogP contribution >= 0.6 is 0 Å². The third kappa shape index (κ3) is 3.44. The third-order valence-electron chi connectivity index (χ3n) is 2.71. The molecule has 0 aromatic rings. The maximum Gasteiger partial charge on any atom is 0.325 e. The molecular formula is C10H20N2O3. The van der Waals surface area contributed by atoms with Crippen molar-refractivity contribution in [2.45, 2.75) is 25.3 Å². The van der Waals surface area contributed by atoms with Gasteiger partial charge in [-0.15, -0.1) is 0 Å². The Bertz CT molecular complexity index is 223. The van der Waals surface area contributed by atoms with E-state index in [-0.39, 0.29) is 0 Å². The molecule has 0 aromatic heterocycles. The van der Waals surface area contributed by atoms with E-state index in [1.54, 1.807) is 0 Å². The lowest BCUT2D eigenvalue weighted by molar-refractivity contribution is -0.142. The molecule has 0 spiro atoms. The molecular weight excluding hydrogens is 196 g/mol. The first-order valence-corrected chi connectivity index (χ1v) is 5.41. The van der Waals surface area contributed by atoms with Gasteiger partial charge in [-0.05, 0) is 12.8 Å². The molecule has 1 aliphatic heterocycles. The molecule has 0 bridgehead atoms. The van der Waals surface area contributed by atoms with Crippen LogP contribution in [0.25, 0.3) is 0 Å². The molecule has 1 atom stereocenters. The predicted molar refractivity (Wildman–Crippen MR) is 56.7 cm³/mol. The van der Waals surface area contributed by atoms with Gasteiger partial charge in [-0.25, -0.2) is 0 Å². The van der Waals surface area contributed by atoms with E-state index in [0.29, 0.717) is 19.6 Å². The molecule has 88 valence electrons. The smallest absolute Gasteiger partial charge is 0.325 e. The first-order chi connectivity index (χ1) is 7.08. The van der Waals surface area contributed by atoms with E-state index >= 15 is 0 Å². The summed E-state index contributed by atoms with van der Waals surface area (Å²) in [6.45, 7) is 5.43. The summed E-state index contributed by atoms with van der Waals surface area (Å²) in [5.74, 6) is -0.903. The Labute approximate surface area is 90.2 Å². The number of carboxylic acid groups (broad SMARTS) is 1. The average molecular weight is 216 g/mol. The van der Waals surface area contributed by atoms with Crippen LogP contribution in [0.15, 0.2) is 0 Å². The molecule has 0 amide bonds. The van der Waals surface area contributed by atoms with Crippen LogP contribution in [0.1, 0.15) is 19.8 Å². The van der Waals surface area contributed by atoms with Gasteiger partial charge in [-0.1, -0.05) is 6.92 Å². The second kappa shape index (κ2) is 5.44. The minimum absolute atomic E-state index is 0.428. The van der Waals surface area contributed by atoms with Crippen molar-refractivity contribution in [1.29, 1.82) is 0 Å². The molecule has 1 heterocycles. The van der Waals surface area contributed by atoms with Gasteiger partial charge >= 0.3 is 5.97 Å². The largest absolute Gasteiger partial charge is 0.480 e. The topological polar surface area (TPSA) is 75.8 Å². The van der Waals surface area contributed by atoms with Gasteiger partial charge in [0.2, 0.25) is 0 Å². The molecule has 1 rings (SSSR count). The molecule has 1 unspecified atom stereocenters. The zero-order chi connectivity index (χ0) is 11.3. The van der Waals surface area contributed by atoms with Crippen molar-refractivity contribution in [1.82, 2.24) is 4.90 Å². The predicted octanol–water partition coefficient (Wildman–Crippen LogP) is -0.0992. The van der Waals surface area contributed by atoms with Gasteiger partial charge in [0.25, 0.3) is 0 Å². The SMILES string of the molecule is CCCOCCN1CCC(N)(C(=O)O)C1. The van der Waals surface area contributed by atoms with Gasteiger partial charge in [-0.2, -0.15) is 0 Å². The van der Waals surface area contributed by atoms with Gasteiger partial charge in [0.1, 0.15) is 5.54 Å². The van der Waals surface area contributed by atoms with Gasteiger partial charge in [-0.3, -0.25) is 9.69 Å². The van der Waals surface area contributed by atoms with E-state index in [2.05, 4.69) is 6.92 Å². The van der Waals surface area contributed by atoms with Crippen molar-refractivity contribution in [2.75, 3.05) is 32.8 Å². The van der Waals surface area contributed by atoms with E-state index in [0.717, 1.165) is 26.1 Å². The van der Waals surface area contributed by atoms with Crippen LogP contribution in [0.5, 0.6) is 0 Å². The summed E-state index contributed by atoms with van der Waals surface area (Å²) in [5, 5.41) is 8.92. The third-order valence-corrected chi connectivity index (χ3v) is 2.71. The normalized spacial score (nSPS) is 27.1. The lowest BCUT2D eigenvalue weighted by Gasteiger charge is -2.19. The Morgan fingerprint density at radius 1 is 1.60 bits per heavy atom. The van der Waals surface area contributed by atoms with Crippen molar-refractivity contribution in [3.63, 3.8) is 0 Å². The number of rotatable bonds is 6. The minimum Gasteiger partial charge on any atom is -0.480 e. The number of likely N-dealkylation sites (tertiary alicyclic amines) is 1. The summed E-state index contributed by atoms with van der Waals surface area (Å²) >= 11 is 0. The highest BCUT2D eigenvalue weighted by Gasteiger charge is 2.40.